The summed E-state index contributed by atoms with van der Waals surface area (Å²) in [5, 5.41) is 2.72. The standard InChI is InChI=1S/C19H22N2O5S/c1-11-9-15(25-5)16(10-12(11)2)27(23,24)21-13-7-6-8-14-17(13)20-18(22)19(3,4)26-14/h6-10,21H,1-5H3,(H,20,22). The van der Waals surface area contributed by atoms with Gasteiger partial charge in [-0.2, -0.15) is 0 Å². The SMILES string of the molecule is COc1cc(C)c(C)cc1S(=O)(=O)Nc1cccc2c1NC(=O)C(C)(C)O2. The zero-order valence-corrected chi connectivity index (χ0v) is 16.7. The second-order valence-corrected chi connectivity index (χ2v) is 8.59. The second kappa shape index (κ2) is 6.45. The summed E-state index contributed by atoms with van der Waals surface area (Å²) in [7, 11) is -2.54. The number of carbonyl (C=O) groups is 1. The van der Waals surface area contributed by atoms with E-state index in [1.165, 1.54) is 7.11 Å². The number of rotatable bonds is 4. The smallest absolute Gasteiger partial charge is 0.268 e. The van der Waals surface area contributed by atoms with Crippen LogP contribution in [0.15, 0.2) is 35.2 Å². The maximum atomic E-state index is 13.0. The van der Waals surface area contributed by atoms with E-state index >= 15 is 0 Å². The lowest BCUT2D eigenvalue weighted by Gasteiger charge is -2.32. The normalized spacial score (nSPS) is 15.4. The molecule has 0 unspecified atom stereocenters. The minimum absolute atomic E-state index is 0.0223. The molecule has 2 aromatic carbocycles. The van der Waals surface area contributed by atoms with E-state index < -0.39 is 15.6 Å². The highest BCUT2D eigenvalue weighted by atomic mass is 32.2. The van der Waals surface area contributed by atoms with E-state index in [9.17, 15) is 13.2 Å². The summed E-state index contributed by atoms with van der Waals surface area (Å²) >= 11 is 0. The molecule has 0 aliphatic carbocycles. The van der Waals surface area contributed by atoms with Gasteiger partial charge in [-0.25, -0.2) is 8.42 Å². The molecule has 1 aliphatic rings. The zero-order valence-electron chi connectivity index (χ0n) is 15.8. The van der Waals surface area contributed by atoms with Gasteiger partial charge in [0.1, 0.15) is 22.1 Å². The maximum absolute atomic E-state index is 13.0. The van der Waals surface area contributed by atoms with Crippen LogP contribution in [-0.4, -0.2) is 27.0 Å². The van der Waals surface area contributed by atoms with Crippen LogP contribution >= 0.6 is 0 Å². The van der Waals surface area contributed by atoms with Gasteiger partial charge in [0.2, 0.25) is 0 Å². The van der Waals surface area contributed by atoms with Crippen LogP contribution in [0.4, 0.5) is 11.4 Å². The summed E-state index contributed by atoms with van der Waals surface area (Å²) in [4.78, 5) is 12.2. The van der Waals surface area contributed by atoms with Crippen molar-refractivity contribution in [3.05, 3.63) is 41.5 Å². The fourth-order valence-electron chi connectivity index (χ4n) is 2.75. The molecule has 0 atom stereocenters. The molecule has 1 amide bonds. The number of aryl methyl sites for hydroxylation is 2. The molecular weight excluding hydrogens is 368 g/mol. The molecule has 0 radical (unpaired) electrons. The zero-order chi connectivity index (χ0) is 20.0. The third kappa shape index (κ3) is 3.44. The van der Waals surface area contributed by atoms with Crippen LogP contribution in [0.25, 0.3) is 0 Å². The van der Waals surface area contributed by atoms with Gasteiger partial charge >= 0.3 is 0 Å². The van der Waals surface area contributed by atoms with Gasteiger partial charge < -0.3 is 14.8 Å². The third-order valence-electron chi connectivity index (χ3n) is 4.49. The van der Waals surface area contributed by atoms with E-state index in [1.54, 1.807) is 44.2 Å². The largest absolute Gasteiger partial charge is 0.495 e. The minimum atomic E-state index is -3.96. The van der Waals surface area contributed by atoms with Crippen molar-refractivity contribution in [2.45, 2.75) is 38.2 Å². The Morgan fingerprint density at radius 2 is 1.81 bits per heavy atom. The van der Waals surface area contributed by atoms with Crippen molar-refractivity contribution in [2.75, 3.05) is 17.1 Å². The van der Waals surface area contributed by atoms with Crippen LogP contribution in [0, 0.1) is 13.8 Å². The number of carbonyl (C=O) groups excluding carboxylic acids is 1. The lowest BCUT2D eigenvalue weighted by molar-refractivity contribution is -0.129. The van der Waals surface area contributed by atoms with Gasteiger partial charge in [0.25, 0.3) is 15.9 Å². The van der Waals surface area contributed by atoms with E-state index in [4.69, 9.17) is 9.47 Å². The number of benzene rings is 2. The average Bonchev–Trinajstić information content (AvgIpc) is 2.58. The van der Waals surface area contributed by atoms with Gasteiger partial charge in [-0.05, 0) is 63.1 Å². The molecule has 144 valence electrons. The van der Waals surface area contributed by atoms with Gasteiger partial charge in [0.15, 0.2) is 5.60 Å². The Labute approximate surface area is 158 Å². The molecule has 1 heterocycles. The van der Waals surface area contributed by atoms with Crippen molar-refractivity contribution in [1.29, 1.82) is 0 Å². The molecule has 2 aromatic rings. The molecule has 27 heavy (non-hydrogen) atoms. The Bertz CT molecular complexity index is 1030. The molecule has 2 N–H and O–H groups in total. The fourth-order valence-corrected chi connectivity index (χ4v) is 4.06. The number of amides is 1. The Balaban J connectivity index is 2.04. The summed E-state index contributed by atoms with van der Waals surface area (Å²) in [5.74, 6) is 0.286. The van der Waals surface area contributed by atoms with Gasteiger partial charge in [-0.1, -0.05) is 6.07 Å². The van der Waals surface area contributed by atoms with E-state index in [2.05, 4.69) is 10.0 Å². The molecular formula is C19H22N2O5S. The number of fused-ring (bicyclic) bond motifs is 1. The highest BCUT2D eigenvalue weighted by molar-refractivity contribution is 7.92. The fraction of sp³-hybridized carbons (Fsp3) is 0.316. The Hall–Kier alpha value is -2.74. The predicted molar refractivity (Wildman–Crippen MR) is 103 cm³/mol. The molecule has 0 bridgehead atoms. The van der Waals surface area contributed by atoms with Crippen molar-refractivity contribution in [2.24, 2.45) is 0 Å². The lowest BCUT2D eigenvalue weighted by atomic mass is 10.1. The first-order chi connectivity index (χ1) is 12.5. The molecule has 0 aromatic heterocycles. The Morgan fingerprint density at radius 1 is 1.15 bits per heavy atom. The van der Waals surface area contributed by atoms with Crippen LogP contribution in [0.5, 0.6) is 11.5 Å². The van der Waals surface area contributed by atoms with Crippen molar-refractivity contribution >= 4 is 27.3 Å². The number of methoxy groups -OCH3 is 1. The van der Waals surface area contributed by atoms with Crippen LogP contribution in [0.2, 0.25) is 0 Å². The van der Waals surface area contributed by atoms with E-state index in [-0.39, 0.29) is 27.9 Å². The van der Waals surface area contributed by atoms with Gasteiger partial charge in [0.05, 0.1) is 12.8 Å². The summed E-state index contributed by atoms with van der Waals surface area (Å²) in [6, 6.07) is 8.13. The van der Waals surface area contributed by atoms with Crippen LogP contribution in [0.3, 0.4) is 0 Å². The molecule has 8 heteroatoms. The number of hydrogen-bond acceptors (Lipinski definition) is 5. The maximum Gasteiger partial charge on any atom is 0.268 e. The molecule has 3 rings (SSSR count). The summed E-state index contributed by atoms with van der Waals surface area (Å²) in [6.07, 6.45) is 0. The molecule has 7 nitrogen and oxygen atoms in total. The number of hydrogen-bond donors (Lipinski definition) is 2. The second-order valence-electron chi connectivity index (χ2n) is 6.94. The summed E-state index contributed by atoms with van der Waals surface area (Å²) < 4.78 is 39.5. The van der Waals surface area contributed by atoms with Crippen LogP contribution < -0.4 is 19.5 Å². The molecule has 1 aliphatic heterocycles. The van der Waals surface area contributed by atoms with E-state index in [0.29, 0.717) is 5.75 Å². The van der Waals surface area contributed by atoms with Gasteiger partial charge in [0, 0.05) is 0 Å². The molecule has 0 saturated carbocycles. The summed E-state index contributed by atoms with van der Waals surface area (Å²) in [5.41, 5.74) is 1.21. The van der Waals surface area contributed by atoms with Crippen molar-refractivity contribution in [3.8, 4) is 11.5 Å². The van der Waals surface area contributed by atoms with Crippen molar-refractivity contribution in [3.63, 3.8) is 0 Å². The van der Waals surface area contributed by atoms with Gasteiger partial charge in [-0.15, -0.1) is 0 Å². The van der Waals surface area contributed by atoms with E-state index in [1.807, 2.05) is 13.8 Å². The first-order valence-electron chi connectivity index (χ1n) is 8.37. The van der Waals surface area contributed by atoms with Gasteiger partial charge in [-0.3, -0.25) is 9.52 Å². The highest BCUT2D eigenvalue weighted by Crippen LogP contribution is 2.40. The quantitative estimate of drug-likeness (QED) is 0.836. The summed E-state index contributed by atoms with van der Waals surface area (Å²) in [6.45, 7) is 6.99. The van der Waals surface area contributed by atoms with Crippen LogP contribution in [-0.2, 0) is 14.8 Å². The lowest BCUT2D eigenvalue weighted by Crippen LogP contribution is -2.45. The number of para-hydroxylation sites is 1. The monoisotopic (exact) mass is 390 g/mol. The minimum Gasteiger partial charge on any atom is -0.495 e. The molecule has 0 fully saturated rings. The van der Waals surface area contributed by atoms with Crippen molar-refractivity contribution in [1.82, 2.24) is 0 Å². The van der Waals surface area contributed by atoms with E-state index in [0.717, 1.165) is 11.1 Å². The number of anilines is 2. The highest BCUT2D eigenvalue weighted by Gasteiger charge is 2.37. The molecule has 0 spiro atoms. The Morgan fingerprint density at radius 3 is 2.48 bits per heavy atom. The predicted octanol–water partition coefficient (Wildman–Crippen LogP) is 3.22. The average molecular weight is 390 g/mol. The number of ether oxygens (including phenoxy) is 2. The molecule has 0 saturated heterocycles. The van der Waals surface area contributed by atoms with Crippen molar-refractivity contribution < 1.29 is 22.7 Å². The Kier molecular flexibility index (Phi) is 4.55. The van der Waals surface area contributed by atoms with Crippen LogP contribution in [0.1, 0.15) is 25.0 Å². The topological polar surface area (TPSA) is 93.7 Å². The third-order valence-corrected chi connectivity index (χ3v) is 5.88. The first kappa shape index (κ1) is 19.0. The first-order valence-corrected chi connectivity index (χ1v) is 9.85. The number of sulfonamides is 1. The number of nitrogens with one attached hydrogen (secondary N) is 2.